The molecule has 156 valence electrons. The highest BCUT2D eigenvalue weighted by atomic mass is 16.4. The van der Waals surface area contributed by atoms with Gasteiger partial charge in [0.15, 0.2) is 0 Å². The average molecular weight is 404 g/mol. The Balaban J connectivity index is 0.000000416. The molecular weight excluding hydrogens is 384 g/mol. The van der Waals surface area contributed by atoms with E-state index in [2.05, 4.69) is 0 Å². The van der Waals surface area contributed by atoms with Crippen LogP contribution in [0.4, 0.5) is 0 Å². The largest absolute Gasteiger partial charge is 0.481 e. The molecule has 2 fully saturated rings. The molecule has 4 atom stereocenters. The van der Waals surface area contributed by atoms with Crippen molar-refractivity contribution in [1.29, 1.82) is 0 Å². The van der Waals surface area contributed by atoms with Crippen LogP contribution >= 0.6 is 0 Å². The Kier molecular flexibility index (Phi) is 7.47. The molecule has 0 amide bonds. The minimum atomic E-state index is -1.26. The van der Waals surface area contributed by atoms with Gasteiger partial charge in [0.2, 0.25) is 0 Å². The molecule has 6 N–H and O–H groups in total. The predicted molar refractivity (Wildman–Crippen MR) is 85.2 cm³/mol. The van der Waals surface area contributed by atoms with Crippen LogP contribution in [-0.4, -0.2) is 66.5 Å². The number of fused-ring (bicyclic) bond motifs is 1. The minimum Gasteiger partial charge on any atom is -0.481 e. The first-order valence-corrected chi connectivity index (χ1v) is 8.23. The maximum atomic E-state index is 11.2. The molecule has 0 heterocycles. The third kappa shape index (κ3) is 5.18. The van der Waals surface area contributed by atoms with E-state index in [0.717, 1.165) is 0 Å². The van der Waals surface area contributed by atoms with Gasteiger partial charge in [0.05, 0.1) is 36.5 Å². The van der Waals surface area contributed by atoms with E-state index < -0.39 is 71.3 Å². The van der Waals surface area contributed by atoms with Gasteiger partial charge < -0.3 is 30.6 Å². The molecule has 0 aromatic carbocycles. The summed E-state index contributed by atoms with van der Waals surface area (Å²) in [6, 6.07) is 0. The lowest BCUT2D eigenvalue weighted by molar-refractivity contribution is -0.149. The molecular formula is C16H20O12. The van der Waals surface area contributed by atoms with Gasteiger partial charge in [0, 0.05) is 0 Å². The van der Waals surface area contributed by atoms with E-state index in [9.17, 15) is 28.8 Å². The topological polar surface area (TPSA) is 224 Å². The van der Waals surface area contributed by atoms with Crippen molar-refractivity contribution < 1.29 is 59.4 Å². The van der Waals surface area contributed by atoms with Gasteiger partial charge in [0.25, 0.3) is 0 Å². The fraction of sp³-hybridized carbons (Fsp3) is 0.625. The SMILES string of the molecule is O=C(O)C1CC(C(=O)O)C2C(C(=O)O)CC(C(=O)O)C12.O=C(O)CCC(=O)O. The number of aliphatic carboxylic acids is 6. The normalized spacial score (nSPS) is 30.4. The molecule has 2 aliphatic rings. The second kappa shape index (κ2) is 9.15. The first kappa shape index (κ1) is 22.9. The van der Waals surface area contributed by atoms with E-state index in [1.165, 1.54) is 0 Å². The Bertz CT molecular complexity index is 585. The first-order valence-electron chi connectivity index (χ1n) is 8.23. The number of hydrogen-bond donors (Lipinski definition) is 6. The molecule has 0 bridgehead atoms. The van der Waals surface area contributed by atoms with Gasteiger partial charge in [-0.15, -0.1) is 0 Å². The fourth-order valence-electron chi connectivity index (χ4n) is 4.09. The van der Waals surface area contributed by atoms with Crippen molar-refractivity contribution >= 4 is 35.8 Å². The van der Waals surface area contributed by atoms with Crippen LogP contribution in [0.5, 0.6) is 0 Å². The Morgan fingerprint density at radius 1 is 0.500 bits per heavy atom. The van der Waals surface area contributed by atoms with Crippen molar-refractivity contribution in [3.8, 4) is 0 Å². The van der Waals surface area contributed by atoms with E-state index in [1.54, 1.807) is 0 Å². The smallest absolute Gasteiger partial charge is 0.306 e. The third-order valence-corrected chi connectivity index (χ3v) is 5.14. The molecule has 28 heavy (non-hydrogen) atoms. The summed E-state index contributed by atoms with van der Waals surface area (Å²) in [4.78, 5) is 64.2. The summed E-state index contributed by atoms with van der Waals surface area (Å²) >= 11 is 0. The van der Waals surface area contributed by atoms with Crippen LogP contribution in [-0.2, 0) is 28.8 Å². The average Bonchev–Trinajstić information content (AvgIpc) is 3.11. The monoisotopic (exact) mass is 404 g/mol. The predicted octanol–water partition coefficient (Wildman–Crippen LogP) is -0.235. The molecule has 0 saturated heterocycles. The molecule has 12 nitrogen and oxygen atoms in total. The van der Waals surface area contributed by atoms with Crippen LogP contribution in [0.1, 0.15) is 25.7 Å². The van der Waals surface area contributed by atoms with Crippen LogP contribution in [0, 0.1) is 35.5 Å². The van der Waals surface area contributed by atoms with Crippen molar-refractivity contribution in [2.75, 3.05) is 0 Å². The number of carboxylic acid groups (broad SMARTS) is 6. The Labute approximate surface area is 157 Å². The van der Waals surface area contributed by atoms with E-state index >= 15 is 0 Å². The maximum Gasteiger partial charge on any atom is 0.306 e. The summed E-state index contributed by atoms with van der Waals surface area (Å²) in [7, 11) is 0. The van der Waals surface area contributed by atoms with E-state index in [1.807, 2.05) is 0 Å². The van der Waals surface area contributed by atoms with Crippen molar-refractivity contribution in [1.82, 2.24) is 0 Å². The molecule has 2 saturated carbocycles. The number of hydrogen-bond acceptors (Lipinski definition) is 6. The van der Waals surface area contributed by atoms with Crippen molar-refractivity contribution in [3.05, 3.63) is 0 Å². The van der Waals surface area contributed by atoms with Crippen molar-refractivity contribution in [2.45, 2.75) is 25.7 Å². The molecule has 2 rings (SSSR count). The zero-order chi connectivity index (χ0) is 21.8. The van der Waals surface area contributed by atoms with Gasteiger partial charge >= 0.3 is 35.8 Å². The Morgan fingerprint density at radius 2 is 0.714 bits per heavy atom. The van der Waals surface area contributed by atoms with Crippen molar-refractivity contribution in [2.24, 2.45) is 35.5 Å². The number of carboxylic acids is 6. The molecule has 0 aliphatic heterocycles. The van der Waals surface area contributed by atoms with Crippen LogP contribution < -0.4 is 0 Å². The summed E-state index contributed by atoms with van der Waals surface area (Å²) in [5.74, 6) is -13.6. The molecule has 12 heteroatoms. The van der Waals surface area contributed by atoms with Crippen LogP contribution in [0.15, 0.2) is 0 Å². The van der Waals surface area contributed by atoms with Crippen LogP contribution in [0.25, 0.3) is 0 Å². The van der Waals surface area contributed by atoms with Gasteiger partial charge in [-0.05, 0) is 24.7 Å². The minimum absolute atomic E-state index is 0.215. The molecule has 4 unspecified atom stereocenters. The lowest BCUT2D eigenvalue weighted by atomic mass is 9.82. The fourth-order valence-corrected chi connectivity index (χ4v) is 4.09. The summed E-state index contributed by atoms with van der Waals surface area (Å²) in [6.45, 7) is 0. The Hall–Kier alpha value is -3.18. The van der Waals surface area contributed by atoms with Gasteiger partial charge in [-0.1, -0.05) is 0 Å². The van der Waals surface area contributed by atoms with Crippen LogP contribution in [0.3, 0.4) is 0 Å². The lowest BCUT2D eigenvalue weighted by Crippen LogP contribution is -2.30. The molecule has 0 aromatic heterocycles. The highest BCUT2D eigenvalue weighted by Crippen LogP contribution is 2.56. The molecule has 0 spiro atoms. The zero-order valence-corrected chi connectivity index (χ0v) is 14.4. The second-order valence-corrected chi connectivity index (χ2v) is 6.69. The third-order valence-electron chi connectivity index (χ3n) is 5.14. The molecule has 0 radical (unpaired) electrons. The summed E-state index contributed by atoms with van der Waals surface area (Å²) in [6.07, 6.45) is -1.02. The van der Waals surface area contributed by atoms with Gasteiger partial charge in [0.1, 0.15) is 0 Å². The second-order valence-electron chi connectivity index (χ2n) is 6.69. The standard InChI is InChI=1S/C12H14O8.C4H6O4/c13-9(14)3-1-4(10(15)16)8-6(12(19)20)2-5(7(3)8)11(17)18;5-3(6)1-2-4(7)8/h3-8H,1-2H2,(H,13,14)(H,15,16)(H,17,18)(H,19,20);1-2H2,(H,5,6)(H,7,8). The van der Waals surface area contributed by atoms with Crippen molar-refractivity contribution in [3.63, 3.8) is 0 Å². The summed E-state index contributed by atoms with van der Waals surface area (Å²) in [5, 5.41) is 52.4. The van der Waals surface area contributed by atoms with Gasteiger partial charge in [-0.3, -0.25) is 28.8 Å². The zero-order valence-electron chi connectivity index (χ0n) is 14.4. The van der Waals surface area contributed by atoms with E-state index in [0.29, 0.717) is 0 Å². The molecule has 2 aliphatic carbocycles. The first-order chi connectivity index (χ1) is 12.9. The number of carbonyl (C=O) groups is 6. The summed E-state index contributed by atoms with van der Waals surface area (Å²) in [5.41, 5.74) is 0. The quantitative estimate of drug-likeness (QED) is 0.323. The Morgan fingerprint density at radius 3 is 0.857 bits per heavy atom. The highest BCUT2D eigenvalue weighted by Gasteiger charge is 2.62. The van der Waals surface area contributed by atoms with Gasteiger partial charge in [-0.25, -0.2) is 0 Å². The number of rotatable bonds is 7. The van der Waals surface area contributed by atoms with E-state index in [4.69, 9.17) is 30.6 Å². The van der Waals surface area contributed by atoms with Crippen LogP contribution in [0.2, 0.25) is 0 Å². The lowest BCUT2D eigenvalue weighted by Gasteiger charge is -2.21. The summed E-state index contributed by atoms with van der Waals surface area (Å²) < 4.78 is 0. The molecule has 0 aromatic rings. The van der Waals surface area contributed by atoms with Gasteiger partial charge in [-0.2, -0.15) is 0 Å². The highest BCUT2D eigenvalue weighted by molar-refractivity contribution is 5.82. The van der Waals surface area contributed by atoms with E-state index in [-0.39, 0.29) is 25.7 Å². The maximum absolute atomic E-state index is 11.2.